The van der Waals surface area contributed by atoms with Gasteiger partial charge in [0, 0.05) is 11.1 Å². The average molecular weight is 253 g/mol. The lowest BCUT2D eigenvalue weighted by Crippen LogP contribution is -1.95. The minimum atomic E-state index is -0.458. The van der Waals surface area contributed by atoms with Crippen molar-refractivity contribution in [2.45, 2.75) is 6.42 Å². The number of aliphatic hydroxyl groups is 1. The number of hydrogen-bond donors (Lipinski definition) is 1. The van der Waals surface area contributed by atoms with Crippen molar-refractivity contribution in [3.8, 4) is 0 Å². The highest BCUT2D eigenvalue weighted by atomic mass is 79.9. The molecule has 1 rings (SSSR count). The van der Waals surface area contributed by atoms with E-state index in [9.17, 15) is 4.39 Å². The van der Waals surface area contributed by atoms with Crippen LogP contribution in [0.25, 0.3) is 0 Å². The van der Waals surface area contributed by atoms with Crippen LogP contribution in [-0.2, 0) is 6.42 Å². The minimum absolute atomic E-state index is 0.0703. The van der Waals surface area contributed by atoms with Crippen LogP contribution in [0.15, 0.2) is 16.6 Å². The van der Waals surface area contributed by atoms with Crippen LogP contribution in [0.4, 0.5) is 4.39 Å². The summed E-state index contributed by atoms with van der Waals surface area (Å²) in [5.41, 5.74) is 0.436. The van der Waals surface area contributed by atoms with E-state index in [2.05, 4.69) is 15.9 Å². The topological polar surface area (TPSA) is 20.2 Å². The Kier molecular flexibility index (Phi) is 3.50. The molecule has 1 aromatic carbocycles. The molecule has 0 radical (unpaired) electrons. The second kappa shape index (κ2) is 4.21. The van der Waals surface area contributed by atoms with E-state index >= 15 is 0 Å². The van der Waals surface area contributed by atoms with Gasteiger partial charge in [-0.1, -0.05) is 17.7 Å². The average Bonchev–Trinajstić information content (AvgIpc) is 2.07. The third-order valence-corrected chi connectivity index (χ3v) is 2.75. The van der Waals surface area contributed by atoms with Crippen molar-refractivity contribution in [2.24, 2.45) is 0 Å². The first-order chi connectivity index (χ1) is 5.66. The molecule has 0 bridgehead atoms. The van der Waals surface area contributed by atoms with Crippen molar-refractivity contribution in [3.63, 3.8) is 0 Å². The summed E-state index contributed by atoms with van der Waals surface area (Å²) >= 11 is 8.71. The molecule has 0 unspecified atom stereocenters. The summed E-state index contributed by atoms with van der Waals surface area (Å²) in [4.78, 5) is 0. The SMILES string of the molecule is OCCc1ccc(Br)c(Cl)c1F. The number of aliphatic hydroxyl groups excluding tert-OH is 1. The van der Waals surface area contributed by atoms with E-state index in [1.54, 1.807) is 12.1 Å². The van der Waals surface area contributed by atoms with Crippen LogP contribution in [0.3, 0.4) is 0 Å². The first-order valence-corrected chi connectivity index (χ1v) is 4.57. The predicted octanol–water partition coefficient (Wildman–Crippen LogP) is 2.78. The molecule has 0 aliphatic rings. The molecule has 0 atom stereocenters. The van der Waals surface area contributed by atoms with Gasteiger partial charge in [-0.25, -0.2) is 4.39 Å². The van der Waals surface area contributed by atoms with E-state index in [0.29, 0.717) is 16.5 Å². The highest BCUT2D eigenvalue weighted by Crippen LogP contribution is 2.27. The van der Waals surface area contributed by atoms with Gasteiger partial charge in [0.1, 0.15) is 5.82 Å². The summed E-state index contributed by atoms with van der Waals surface area (Å²) in [6.45, 7) is -0.0745. The molecule has 0 aliphatic carbocycles. The standard InChI is InChI=1S/C8H7BrClFO/c9-6-2-1-5(3-4-12)8(11)7(6)10/h1-2,12H,3-4H2. The van der Waals surface area contributed by atoms with Gasteiger partial charge in [-0.05, 0) is 34.0 Å². The fourth-order valence-corrected chi connectivity index (χ4v) is 1.37. The molecule has 0 aromatic heterocycles. The zero-order valence-electron chi connectivity index (χ0n) is 6.15. The van der Waals surface area contributed by atoms with Crippen molar-refractivity contribution in [1.29, 1.82) is 0 Å². The molecule has 0 spiro atoms. The predicted molar refractivity (Wildman–Crippen MR) is 49.9 cm³/mol. The van der Waals surface area contributed by atoms with Crippen LogP contribution >= 0.6 is 27.5 Å². The Labute approximate surface area is 83.3 Å². The van der Waals surface area contributed by atoms with E-state index in [-0.39, 0.29) is 11.6 Å². The Bertz CT molecular complexity index is 291. The zero-order chi connectivity index (χ0) is 9.14. The number of benzene rings is 1. The molecular weight excluding hydrogens is 246 g/mol. The molecule has 0 fully saturated rings. The minimum Gasteiger partial charge on any atom is -0.396 e. The lowest BCUT2D eigenvalue weighted by Gasteiger charge is -2.03. The highest BCUT2D eigenvalue weighted by Gasteiger charge is 2.08. The summed E-state index contributed by atoms with van der Waals surface area (Å²) in [5, 5.41) is 8.65. The Morgan fingerprint density at radius 1 is 1.50 bits per heavy atom. The quantitative estimate of drug-likeness (QED) is 0.804. The van der Waals surface area contributed by atoms with Gasteiger partial charge in [0.15, 0.2) is 0 Å². The van der Waals surface area contributed by atoms with Gasteiger partial charge in [-0.15, -0.1) is 0 Å². The second-order valence-electron chi connectivity index (χ2n) is 2.31. The summed E-state index contributed by atoms with van der Waals surface area (Å²) < 4.78 is 13.7. The zero-order valence-corrected chi connectivity index (χ0v) is 8.49. The van der Waals surface area contributed by atoms with E-state index < -0.39 is 5.82 Å². The maximum absolute atomic E-state index is 13.2. The monoisotopic (exact) mass is 252 g/mol. The fraction of sp³-hybridized carbons (Fsp3) is 0.250. The van der Waals surface area contributed by atoms with Crippen LogP contribution in [0.5, 0.6) is 0 Å². The van der Waals surface area contributed by atoms with Gasteiger partial charge < -0.3 is 5.11 Å². The molecule has 0 heterocycles. The normalized spacial score (nSPS) is 10.3. The van der Waals surface area contributed by atoms with Crippen molar-refractivity contribution in [3.05, 3.63) is 33.0 Å². The molecule has 0 aliphatic heterocycles. The lowest BCUT2D eigenvalue weighted by molar-refractivity contribution is 0.297. The molecule has 0 saturated heterocycles. The van der Waals surface area contributed by atoms with Crippen molar-refractivity contribution in [2.75, 3.05) is 6.61 Å². The Hall–Kier alpha value is -0.120. The van der Waals surface area contributed by atoms with Crippen LogP contribution in [0, 0.1) is 5.82 Å². The van der Waals surface area contributed by atoms with Crippen molar-refractivity contribution >= 4 is 27.5 Å². The first kappa shape index (κ1) is 9.96. The molecule has 0 saturated carbocycles. The molecule has 12 heavy (non-hydrogen) atoms. The third kappa shape index (κ3) is 1.97. The van der Waals surface area contributed by atoms with Crippen molar-refractivity contribution in [1.82, 2.24) is 0 Å². The third-order valence-electron chi connectivity index (χ3n) is 1.50. The summed E-state index contributed by atoms with van der Waals surface area (Å²) in [7, 11) is 0. The summed E-state index contributed by atoms with van der Waals surface area (Å²) in [6, 6.07) is 3.26. The molecule has 66 valence electrons. The van der Waals surface area contributed by atoms with Crippen LogP contribution in [-0.4, -0.2) is 11.7 Å². The van der Waals surface area contributed by atoms with E-state index in [1.807, 2.05) is 0 Å². The Balaban J connectivity index is 3.08. The number of halogens is 3. The smallest absolute Gasteiger partial charge is 0.146 e. The van der Waals surface area contributed by atoms with Gasteiger partial charge >= 0.3 is 0 Å². The summed E-state index contributed by atoms with van der Waals surface area (Å²) in [5.74, 6) is -0.458. The Morgan fingerprint density at radius 2 is 2.17 bits per heavy atom. The van der Waals surface area contributed by atoms with E-state index in [4.69, 9.17) is 16.7 Å². The molecule has 4 heteroatoms. The van der Waals surface area contributed by atoms with Crippen LogP contribution in [0.1, 0.15) is 5.56 Å². The molecule has 0 amide bonds. The van der Waals surface area contributed by atoms with Crippen molar-refractivity contribution < 1.29 is 9.50 Å². The molecule has 1 aromatic rings. The van der Waals surface area contributed by atoms with E-state index in [0.717, 1.165) is 0 Å². The second-order valence-corrected chi connectivity index (χ2v) is 3.54. The maximum Gasteiger partial charge on any atom is 0.146 e. The number of rotatable bonds is 2. The Morgan fingerprint density at radius 3 is 2.75 bits per heavy atom. The molecule has 1 N–H and O–H groups in total. The van der Waals surface area contributed by atoms with Gasteiger partial charge in [-0.3, -0.25) is 0 Å². The van der Waals surface area contributed by atoms with Gasteiger partial charge in [0.05, 0.1) is 5.02 Å². The van der Waals surface area contributed by atoms with Crippen LogP contribution < -0.4 is 0 Å². The lowest BCUT2D eigenvalue weighted by atomic mass is 10.1. The first-order valence-electron chi connectivity index (χ1n) is 3.40. The largest absolute Gasteiger partial charge is 0.396 e. The number of hydrogen-bond acceptors (Lipinski definition) is 1. The molecular formula is C8H7BrClFO. The summed E-state index contributed by atoms with van der Waals surface area (Å²) in [6.07, 6.45) is 0.291. The molecule has 1 nitrogen and oxygen atoms in total. The van der Waals surface area contributed by atoms with Gasteiger partial charge in [0.25, 0.3) is 0 Å². The van der Waals surface area contributed by atoms with Gasteiger partial charge in [-0.2, -0.15) is 0 Å². The highest BCUT2D eigenvalue weighted by molar-refractivity contribution is 9.10. The van der Waals surface area contributed by atoms with E-state index in [1.165, 1.54) is 0 Å². The maximum atomic E-state index is 13.2. The fourth-order valence-electron chi connectivity index (χ4n) is 0.879. The van der Waals surface area contributed by atoms with Gasteiger partial charge in [0.2, 0.25) is 0 Å². The van der Waals surface area contributed by atoms with Crippen LogP contribution in [0.2, 0.25) is 5.02 Å².